The van der Waals surface area contributed by atoms with Gasteiger partial charge in [-0.3, -0.25) is 4.68 Å². The van der Waals surface area contributed by atoms with Crippen LogP contribution in [0.2, 0.25) is 0 Å². The number of methoxy groups -OCH3 is 2. The van der Waals surface area contributed by atoms with Crippen LogP contribution in [0.25, 0.3) is 0 Å². The average Bonchev–Trinajstić information content (AvgIpc) is 2.91. The van der Waals surface area contributed by atoms with Gasteiger partial charge in [0.05, 0.1) is 20.4 Å². The molecule has 0 aliphatic rings. The third-order valence-electron chi connectivity index (χ3n) is 3.46. The molecule has 0 saturated carbocycles. The van der Waals surface area contributed by atoms with E-state index in [2.05, 4.69) is 23.4 Å². The second-order valence-corrected chi connectivity index (χ2v) is 4.92. The first-order valence-electron chi connectivity index (χ1n) is 7.11. The predicted molar refractivity (Wildman–Crippen MR) is 82.9 cm³/mol. The Hall–Kier alpha value is -2.01. The van der Waals surface area contributed by atoms with Crippen LogP contribution >= 0.6 is 0 Å². The van der Waals surface area contributed by atoms with E-state index in [1.165, 1.54) is 5.56 Å². The van der Waals surface area contributed by atoms with Crippen LogP contribution in [0.15, 0.2) is 30.6 Å². The number of nitrogens with zero attached hydrogens (tertiary/aromatic N) is 2. The van der Waals surface area contributed by atoms with E-state index in [1.54, 1.807) is 14.2 Å². The molecule has 2 rings (SSSR count). The minimum Gasteiger partial charge on any atom is -0.493 e. The first-order valence-corrected chi connectivity index (χ1v) is 7.11. The second-order valence-electron chi connectivity index (χ2n) is 4.92. The maximum atomic E-state index is 5.55. The van der Waals surface area contributed by atoms with Gasteiger partial charge < -0.3 is 14.8 Å². The first-order chi connectivity index (χ1) is 10.2. The van der Waals surface area contributed by atoms with E-state index in [0.29, 0.717) is 0 Å². The standard InChI is InChI=1S/C16H23N3O2/c1-5-17-14(9-12-10-18-19(2)11-12)13-7-6-8-15(20-3)16(13)21-4/h6-8,10-11,14,17H,5,9H2,1-4H3. The number of likely N-dealkylation sites (N-methyl/N-ethyl adjacent to an activating group) is 1. The Bertz CT molecular complexity index is 581. The van der Waals surface area contributed by atoms with E-state index >= 15 is 0 Å². The lowest BCUT2D eigenvalue weighted by Crippen LogP contribution is -2.23. The topological polar surface area (TPSA) is 48.3 Å². The molecule has 0 bridgehead atoms. The smallest absolute Gasteiger partial charge is 0.165 e. The fraction of sp³-hybridized carbons (Fsp3) is 0.438. The Kier molecular flexibility index (Phi) is 5.22. The monoisotopic (exact) mass is 289 g/mol. The first kappa shape index (κ1) is 15.4. The molecule has 0 aliphatic carbocycles. The molecule has 1 unspecified atom stereocenters. The highest BCUT2D eigenvalue weighted by molar-refractivity contribution is 5.48. The van der Waals surface area contributed by atoms with E-state index < -0.39 is 0 Å². The van der Waals surface area contributed by atoms with Crippen molar-refractivity contribution in [3.05, 3.63) is 41.7 Å². The number of rotatable bonds is 7. The van der Waals surface area contributed by atoms with Crippen molar-refractivity contribution in [1.82, 2.24) is 15.1 Å². The van der Waals surface area contributed by atoms with Crippen LogP contribution in [0.3, 0.4) is 0 Å². The van der Waals surface area contributed by atoms with Gasteiger partial charge in [-0.1, -0.05) is 19.1 Å². The molecule has 114 valence electrons. The fourth-order valence-corrected chi connectivity index (χ4v) is 2.54. The van der Waals surface area contributed by atoms with Gasteiger partial charge in [-0.25, -0.2) is 0 Å². The lowest BCUT2D eigenvalue weighted by molar-refractivity contribution is 0.346. The minimum absolute atomic E-state index is 0.157. The maximum Gasteiger partial charge on any atom is 0.165 e. The molecule has 1 aromatic heterocycles. The van der Waals surface area contributed by atoms with Crippen LogP contribution in [0.5, 0.6) is 11.5 Å². The van der Waals surface area contributed by atoms with Gasteiger partial charge in [-0.2, -0.15) is 5.10 Å². The predicted octanol–water partition coefficient (Wildman–Crippen LogP) is 2.33. The van der Waals surface area contributed by atoms with Crippen LogP contribution in [0, 0.1) is 0 Å². The summed E-state index contributed by atoms with van der Waals surface area (Å²) < 4.78 is 12.8. The molecule has 1 N–H and O–H groups in total. The normalized spacial score (nSPS) is 12.2. The van der Waals surface area contributed by atoms with Crippen molar-refractivity contribution in [3.63, 3.8) is 0 Å². The molecule has 2 aromatic rings. The van der Waals surface area contributed by atoms with Crippen molar-refractivity contribution in [2.45, 2.75) is 19.4 Å². The van der Waals surface area contributed by atoms with Crippen molar-refractivity contribution >= 4 is 0 Å². The van der Waals surface area contributed by atoms with Gasteiger partial charge in [0.2, 0.25) is 0 Å². The fourth-order valence-electron chi connectivity index (χ4n) is 2.54. The van der Waals surface area contributed by atoms with Crippen LogP contribution in [-0.4, -0.2) is 30.5 Å². The molecular formula is C16H23N3O2. The highest BCUT2D eigenvalue weighted by Crippen LogP contribution is 2.35. The molecule has 0 radical (unpaired) electrons. The summed E-state index contributed by atoms with van der Waals surface area (Å²) in [5.41, 5.74) is 2.29. The quantitative estimate of drug-likeness (QED) is 0.850. The number of aryl methyl sites for hydroxylation is 1. The number of para-hydroxylation sites is 1. The zero-order chi connectivity index (χ0) is 15.2. The lowest BCUT2D eigenvalue weighted by atomic mass is 9.99. The summed E-state index contributed by atoms with van der Waals surface area (Å²) in [5.74, 6) is 1.54. The van der Waals surface area contributed by atoms with Crippen molar-refractivity contribution in [1.29, 1.82) is 0 Å². The minimum atomic E-state index is 0.157. The zero-order valence-electron chi connectivity index (χ0n) is 13.1. The molecule has 21 heavy (non-hydrogen) atoms. The maximum absolute atomic E-state index is 5.55. The highest BCUT2D eigenvalue weighted by Gasteiger charge is 2.19. The average molecular weight is 289 g/mol. The van der Waals surface area contributed by atoms with Gasteiger partial charge in [0.1, 0.15) is 0 Å². The zero-order valence-corrected chi connectivity index (χ0v) is 13.1. The Balaban J connectivity index is 2.33. The van der Waals surface area contributed by atoms with Gasteiger partial charge >= 0.3 is 0 Å². The van der Waals surface area contributed by atoms with Crippen molar-refractivity contribution in [2.24, 2.45) is 7.05 Å². The number of ether oxygens (including phenoxy) is 2. The highest BCUT2D eigenvalue weighted by atomic mass is 16.5. The molecule has 0 saturated heterocycles. The largest absolute Gasteiger partial charge is 0.493 e. The summed E-state index contributed by atoms with van der Waals surface area (Å²) in [4.78, 5) is 0. The summed E-state index contributed by atoms with van der Waals surface area (Å²) in [6.07, 6.45) is 4.79. The van der Waals surface area contributed by atoms with Crippen LogP contribution in [-0.2, 0) is 13.5 Å². The van der Waals surface area contributed by atoms with Gasteiger partial charge in [0.15, 0.2) is 11.5 Å². The number of nitrogens with one attached hydrogen (secondary N) is 1. The number of hydrogen-bond acceptors (Lipinski definition) is 4. The van der Waals surface area contributed by atoms with Gasteiger partial charge in [-0.15, -0.1) is 0 Å². The van der Waals surface area contributed by atoms with Crippen molar-refractivity contribution < 1.29 is 9.47 Å². The third-order valence-corrected chi connectivity index (χ3v) is 3.46. The Morgan fingerprint density at radius 1 is 1.29 bits per heavy atom. The molecule has 0 amide bonds. The van der Waals surface area contributed by atoms with Crippen molar-refractivity contribution in [2.75, 3.05) is 20.8 Å². The summed E-state index contributed by atoms with van der Waals surface area (Å²) in [6, 6.07) is 6.13. The summed E-state index contributed by atoms with van der Waals surface area (Å²) >= 11 is 0. The molecule has 5 heteroatoms. The van der Waals surface area contributed by atoms with Gasteiger partial charge in [0, 0.05) is 24.8 Å². The number of aromatic nitrogens is 2. The molecule has 1 aromatic carbocycles. The summed E-state index contributed by atoms with van der Waals surface area (Å²) in [6.45, 7) is 2.98. The number of benzene rings is 1. The van der Waals surface area contributed by atoms with E-state index in [-0.39, 0.29) is 6.04 Å². The molecule has 1 atom stereocenters. The second kappa shape index (κ2) is 7.13. The molecular weight excluding hydrogens is 266 g/mol. The number of hydrogen-bond donors (Lipinski definition) is 1. The lowest BCUT2D eigenvalue weighted by Gasteiger charge is -2.21. The molecule has 5 nitrogen and oxygen atoms in total. The van der Waals surface area contributed by atoms with Crippen LogP contribution in [0.4, 0.5) is 0 Å². The van der Waals surface area contributed by atoms with E-state index in [4.69, 9.17) is 9.47 Å². The summed E-state index contributed by atoms with van der Waals surface area (Å²) in [5, 5.41) is 7.74. The van der Waals surface area contributed by atoms with Crippen LogP contribution in [0.1, 0.15) is 24.1 Å². The summed E-state index contributed by atoms with van der Waals surface area (Å²) in [7, 11) is 5.26. The van der Waals surface area contributed by atoms with E-state index in [0.717, 1.165) is 30.0 Å². The Morgan fingerprint density at radius 2 is 2.10 bits per heavy atom. The Morgan fingerprint density at radius 3 is 2.67 bits per heavy atom. The van der Waals surface area contributed by atoms with E-state index in [9.17, 15) is 0 Å². The van der Waals surface area contributed by atoms with Crippen molar-refractivity contribution in [3.8, 4) is 11.5 Å². The Labute approximate surface area is 125 Å². The van der Waals surface area contributed by atoms with Gasteiger partial charge in [-0.05, 0) is 24.6 Å². The van der Waals surface area contributed by atoms with Crippen LogP contribution < -0.4 is 14.8 Å². The molecule has 1 heterocycles. The SMILES string of the molecule is CCNC(Cc1cnn(C)c1)c1cccc(OC)c1OC. The molecule has 0 spiro atoms. The van der Waals surface area contributed by atoms with Gasteiger partial charge in [0.25, 0.3) is 0 Å². The molecule has 0 aliphatic heterocycles. The molecule has 0 fully saturated rings. The van der Waals surface area contributed by atoms with E-state index in [1.807, 2.05) is 36.3 Å². The third kappa shape index (κ3) is 3.55.